The molecule has 1 aromatic heterocycles. The molecule has 0 saturated heterocycles. The smallest absolute Gasteiger partial charge is 0.115 e. The monoisotopic (exact) mass is 439 g/mol. The molecule has 0 fully saturated rings. The molecule has 4 rings (SSSR count). The van der Waals surface area contributed by atoms with Crippen molar-refractivity contribution in [3.8, 4) is 34.0 Å². The zero-order chi connectivity index (χ0) is 24.0. The van der Waals surface area contributed by atoms with E-state index in [2.05, 4.69) is 53.7 Å². The second-order valence-electron chi connectivity index (χ2n) is 10.3. The largest absolute Gasteiger partial charge is 0.872 e. The highest BCUT2D eigenvalue weighted by molar-refractivity contribution is 5.90. The average Bonchev–Trinajstić information content (AvgIpc) is 2.78. The Labute approximate surface area is 196 Å². The average molecular weight is 440 g/mol. The Morgan fingerprint density at radius 3 is 1.64 bits per heavy atom. The molecule has 0 amide bonds. The highest BCUT2D eigenvalue weighted by Gasteiger charge is 2.27. The molecule has 4 nitrogen and oxygen atoms in total. The maximum absolute atomic E-state index is 11.8. The van der Waals surface area contributed by atoms with Gasteiger partial charge in [-0.3, -0.25) is 0 Å². The molecular formula is C29H31N2O2-. The summed E-state index contributed by atoms with van der Waals surface area (Å²) in [5, 5.41) is 21.6. The summed E-state index contributed by atoms with van der Waals surface area (Å²) in [6.07, 6.45) is 0.971. The third-order valence-corrected chi connectivity index (χ3v) is 6.51. The van der Waals surface area contributed by atoms with Gasteiger partial charge in [-0.1, -0.05) is 77.9 Å². The Morgan fingerprint density at radius 2 is 1.15 bits per heavy atom. The summed E-state index contributed by atoms with van der Waals surface area (Å²) in [4.78, 5) is 10.5. The maximum Gasteiger partial charge on any atom is 0.115 e. The molecule has 170 valence electrons. The van der Waals surface area contributed by atoms with Crippen LogP contribution in [0, 0.1) is 0 Å². The first-order chi connectivity index (χ1) is 15.5. The first kappa shape index (κ1) is 22.8. The summed E-state index contributed by atoms with van der Waals surface area (Å²) < 4.78 is 0. The van der Waals surface area contributed by atoms with Crippen molar-refractivity contribution < 1.29 is 10.2 Å². The first-order valence-corrected chi connectivity index (χ1v) is 11.4. The van der Waals surface area contributed by atoms with E-state index in [1.807, 2.05) is 12.1 Å². The van der Waals surface area contributed by atoms with Crippen LogP contribution in [-0.2, 0) is 10.8 Å². The number of fused-ring (bicyclic) bond motifs is 1. The van der Waals surface area contributed by atoms with Crippen LogP contribution in [0.4, 0.5) is 0 Å². The molecule has 3 aromatic carbocycles. The number of aromatic hydroxyl groups is 1. The molecule has 0 aliphatic rings. The maximum atomic E-state index is 11.8. The molecule has 0 atom stereocenters. The van der Waals surface area contributed by atoms with Gasteiger partial charge < -0.3 is 10.2 Å². The zero-order valence-corrected chi connectivity index (χ0v) is 20.2. The molecular weight excluding hydrogens is 408 g/mol. The van der Waals surface area contributed by atoms with Crippen LogP contribution in [0.5, 0.6) is 11.5 Å². The van der Waals surface area contributed by atoms with E-state index in [1.54, 1.807) is 36.4 Å². The molecule has 1 N–H and O–H groups in total. The van der Waals surface area contributed by atoms with Crippen molar-refractivity contribution in [1.29, 1.82) is 0 Å². The van der Waals surface area contributed by atoms with Gasteiger partial charge in [0.25, 0.3) is 0 Å². The van der Waals surface area contributed by atoms with E-state index < -0.39 is 0 Å². The lowest BCUT2D eigenvalue weighted by molar-refractivity contribution is -0.268. The molecule has 0 unspecified atom stereocenters. The second kappa shape index (κ2) is 8.18. The van der Waals surface area contributed by atoms with Gasteiger partial charge in [-0.15, -0.1) is 5.75 Å². The Morgan fingerprint density at radius 1 is 0.697 bits per heavy atom. The minimum absolute atomic E-state index is 0.0403. The summed E-state index contributed by atoms with van der Waals surface area (Å²) in [7, 11) is 0. The fourth-order valence-electron chi connectivity index (χ4n) is 4.11. The highest BCUT2D eigenvalue weighted by Crippen LogP contribution is 2.40. The Hall–Kier alpha value is -3.40. The molecule has 0 aliphatic heterocycles. The van der Waals surface area contributed by atoms with Gasteiger partial charge >= 0.3 is 0 Å². The van der Waals surface area contributed by atoms with Gasteiger partial charge in [-0.25, -0.2) is 9.97 Å². The SMILES string of the molecule is CCC(C)(C)c1ccc(C(C)(C)C)c2nc(-c3ccc(O)cc3)c(-c3ccc([O-])cc3)nc12. The van der Waals surface area contributed by atoms with Crippen LogP contribution < -0.4 is 5.11 Å². The van der Waals surface area contributed by atoms with Crippen LogP contribution in [0.1, 0.15) is 59.1 Å². The first-order valence-electron chi connectivity index (χ1n) is 11.4. The molecule has 1 heterocycles. The third kappa shape index (κ3) is 4.30. The molecule has 0 aliphatic carbocycles. The predicted octanol–water partition coefficient (Wildman–Crippen LogP) is 6.73. The van der Waals surface area contributed by atoms with E-state index in [1.165, 1.54) is 5.56 Å². The molecule has 0 saturated carbocycles. The van der Waals surface area contributed by atoms with Gasteiger partial charge in [0.15, 0.2) is 0 Å². The lowest BCUT2D eigenvalue weighted by Gasteiger charge is -2.28. The summed E-state index contributed by atoms with van der Waals surface area (Å²) in [6, 6.07) is 18.2. The van der Waals surface area contributed by atoms with Crippen molar-refractivity contribution in [2.45, 2.75) is 58.8 Å². The van der Waals surface area contributed by atoms with Crippen molar-refractivity contribution in [2.75, 3.05) is 0 Å². The Balaban J connectivity index is 2.15. The lowest BCUT2D eigenvalue weighted by atomic mass is 9.78. The van der Waals surface area contributed by atoms with Crippen LogP contribution in [-0.4, -0.2) is 15.1 Å². The number of phenols is 1. The van der Waals surface area contributed by atoms with Crippen molar-refractivity contribution in [3.05, 3.63) is 71.8 Å². The van der Waals surface area contributed by atoms with Gasteiger partial charge in [-0.05, 0) is 52.6 Å². The van der Waals surface area contributed by atoms with Crippen LogP contribution in [0.3, 0.4) is 0 Å². The Kier molecular flexibility index (Phi) is 5.65. The molecule has 4 heteroatoms. The van der Waals surface area contributed by atoms with Crippen molar-refractivity contribution >= 4 is 11.0 Å². The summed E-state index contributed by atoms with van der Waals surface area (Å²) in [5.74, 6) is 0.161. The van der Waals surface area contributed by atoms with E-state index in [4.69, 9.17) is 9.97 Å². The van der Waals surface area contributed by atoms with Gasteiger partial charge in [-0.2, -0.15) is 0 Å². The number of hydrogen-bond acceptors (Lipinski definition) is 4. The molecule has 0 spiro atoms. The minimum atomic E-state index is -0.111. The summed E-state index contributed by atoms with van der Waals surface area (Å²) >= 11 is 0. The van der Waals surface area contributed by atoms with Crippen molar-refractivity contribution in [3.63, 3.8) is 0 Å². The number of nitrogens with zero attached hydrogens (tertiary/aromatic N) is 2. The normalized spacial score (nSPS) is 12.3. The number of rotatable bonds is 4. The fourth-order valence-corrected chi connectivity index (χ4v) is 4.11. The molecule has 0 bridgehead atoms. The van der Waals surface area contributed by atoms with E-state index in [9.17, 15) is 10.2 Å². The molecule has 33 heavy (non-hydrogen) atoms. The predicted molar refractivity (Wildman–Crippen MR) is 134 cm³/mol. The number of aromatic nitrogens is 2. The zero-order valence-electron chi connectivity index (χ0n) is 20.2. The standard InChI is InChI=1S/C29H32N2O2/c1-7-29(5,6)23-17-16-22(28(2,3)4)26-27(23)31-25(19-10-14-21(33)15-11-19)24(30-26)18-8-12-20(32)13-9-18/h8-17,32-33H,7H2,1-6H3/p-1. The van der Waals surface area contributed by atoms with Crippen LogP contribution in [0.15, 0.2) is 60.7 Å². The summed E-state index contributed by atoms with van der Waals surface area (Å²) in [6.45, 7) is 13.2. The van der Waals surface area contributed by atoms with Gasteiger partial charge in [0, 0.05) is 11.1 Å². The third-order valence-electron chi connectivity index (χ3n) is 6.51. The van der Waals surface area contributed by atoms with Crippen molar-refractivity contribution in [2.24, 2.45) is 0 Å². The topological polar surface area (TPSA) is 69.1 Å². The lowest BCUT2D eigenvalue weighted by Crippen LogP contribution is -2.19. The summed E-state index contributed by atoms with van der Waals surface area (Å²) in [5.41, 5.74) is 7.09. The highest BCUT2D eigenvalue weighted by atomic mass is 16.3. The van der Waals surface area contributed by atoms with Crippen LogP contribution in [0.2, 0.25) is 0 Å². The van der Waals surface area contributed by atoms with Gasteiger partial charge in [0.2, 0.25) is 0 Å². The van der Waals surface area contributed by atoms with Crippen LogP contribution in [0.25, 0.3) is 33.5 Å². The van der Waals surface area contributed by atoms with E-state index >= 15 is 0 Å². The van der Waals surface area contributed by atoms with Gasteiger partial charge in [0.1, 0.15) is 5.75 Å². The minimum Gasteiger partial charge on any atom is -0.872 e. The molecule has 4 aromatic rings. The van der Waals surface area contributed by atoms with E-state index in [0.717, 1.165) is 45.5 Å². The van der Waals surface area contributed by atoms with E-state index in [0.29, 0.717) is 0 Å². The molecule has 0 radical (unpaired) electrons. The quantitative estimate of drug-likeness (QED) is 0.383. The van der Waals surface area contributed by atoms with Crippen molar-refractivity contribution in [1.82, 2.24) is 9.97 Å². The van der Waals surface area contributed by atoms with E-state index in [-0.39, 0.29) is 22.3 Å². The number of benzene rings is 3. The fraction of sp³-hybridized carbons (Fsp3) is 0.310. The second-order valence-corrected chi connectivity index (χ2v) is 10.3. The number of phenolic OH excluding ortho intramolecular Hbond substituents is 1. The number of hydrogen-bond donors (Lipinski definition) is 1. The van der Waals surface area contributed by atoms with Gasteiger partial charge in [0.05, 0.1) is 22.4 Å². The Bertz CT molecular complexity index is 1300. The van der Waals surface area contributed by atoms with Crippen LogP contribution >= 0.6 is 0 Å².